The molecule has 1 aromatic rings. The van der Waals surface area contributed by atoms with E-state index in [2.05, 4.69) is 43.2 Å². The number of pyridine rings is 1. The summed E-state index contributed by atoms with van der Waals surface area (Å²) in [6.07, 6.45) is 7.12. The Balaban J connectivity index is 2.77. The van der Waals surface area contributed by atoms with Gasteiger partial charge in [-0.1, -0.05) is 24.6 Å². The van der Waals surface area contributed by atoms with Crippen LogP contribution in [0.5, 0.6) is 0 Å². The van der Waals surface area contributed by atoms with Crippen molar-refractivity contribution in [3.63, 3.8) is 0 Å². The zero-order chi connectivity index (χ0) is 11.1. The molecule has 0 aliphatic rings. The van der Waals surface area contributed by atoms with E-state index in [1.807, 2.05) is 18.5 Å². The molecule has 0 bridgehead atoms. The first-order valence-electron chi connectivity index (χ1n) is 5.52. The highest BCUT2D eigenvalue weighted by Gasteiger charge is 2.06. The summed E-state index contributed by atoms with van der Waals surface area (Å²) in [7, 11) is 0. The molecular weight excluding hydrogens is 184 g/mol. The van der Waals surface area contributed by atoms with Crippen LogP contribution < -0.4 is 5.32 Å². The third-order valence-corrected chi connectivity index (χ3v) is 2.16. The van der Waals surface area contributed by atoms with Crippen LogP contribution in [0.15, 0.2) is 36.2 Å². The molecule has 82 valence electrons. The Morgan fingerprint density at radius 1 is 1.53 bits per heavy atom. The molecule has 0 aliphatic heterocycles. The normalized spacial score (nSPS) is 12.2. The summed E-state index contributed by atoms with van der Waals surface area (Å²) in [5.74, 6) is 0. The van der Waals surface area contributed by atoms with Crippen LogP contribution in [0.4, 0.5) is 0 Å². The zero-order valence-corrected chi connectivity index (χ0v) is 9.83. The first-order chi connectivity index (χ1) is 7.24. The van der Waals surface area contributed by atoms with Gasteiger partial charge in [0.2, 0.25) is 0 Å². The average Bonchev–Trinajstić information content (AvgIpc) is 2.25. The number of hydrogen-bond donors (Lipinski definition) is 1. The van der Waals surface area contributed by atoms with Gasteiger partial charge in [-0.3, -0.25) is 4.98 Å². The van der Waals surface area contributed by atoms with Crippen LogP contribution in [0, 0.1) is 0 Å². The predicted octanol–water partition coefficient (Wildman–Crippen LogP) is 3.09. The van der Waals surface area contributed by atoms with Gasteiger partial charge < -0.3 is 5.32 Å². The molecule has 1 unspecified atom stereocenters. The van der Waals surface area contributed by atoms with Crippen molar-refractivity contribution in [3.8, 4) is 0 Å². The second-order valence-electron chi connectivity index (χ2n) is 3.96. The van der Waals surface area contributed by atoms with Crippen LogP contribution in [0.3, 0.4) is 0 Å². The fraction of sp³-hybridized carbons (Fsp3) is 0.462. The average molecular weight is 204 g/mol. The van der Waals surface area contributed by atoms with Gasteiger partial charge in [0.1, 0.15) is 0 Å². The Hall–Kier alpha value is -1.15. The molecule has 2 heteroatoms. The molecule has 15 heavy (non-hydrogen) atoms. The molecule has 0 spiro atoms. The van der Waals surface area contributed by atoms with Crippen molar-refractivity contribution in [2.45, 2.75) is 33.2 Å². The molecule has 1 rings (SSSR count). The van der Waals surface area contributed by atoms with Crippen LogP contribution in [-0.2, 0) is 0 Å². The maximum Gasteiger partial charge on any atom is 0.0524 e. The molecule has 0 aliphatic carbocycles. The summed E-state index contributed by atoms with van der Waals surface area (Å²) >= 11 is 0. The van der Waals surface area contributed by atoms with Crippen LogP contribution in [0.25, 0.3) is 0 Å². The van der Waals surface area contributed by atoms with E-state index in [0.717, 1.165) is 13.0 Å². The first-order valence-corrected chi connectivity index (χ1v) is 5.52. The fourth-order valence-electron chi connectivity index (χ4n) is 1.47. The predicted molar refractivity (Wildman–Crippen MR) is 64.7 cm³/mol. The highest BCUT2D eigenvalue weighted by Crippen LogP contribution is 2.14. The van der Waals surface area contributed by atoms with Crippen molar-refractivity contribution in [2.24, 2.45) is 0 Å². The maximum atomic E-state index is 4.15. The SMILES string of the molecule is CCCNC(C=C(C)C)c1cccnc1. The van der Waals surface area contributed by atoms with Crippen molar-refractivity contribution < 1.29 is 0 Å². The van der Waals surface area contributed by atoms with Gasteiger partial charge in [0, 0.05) is 12.4 Å². The second kappa shape index (κ2) is 6.36. The summed E-state index contributed by atoms with van der Waals surface area (Å²) < 4.78 is 0. The monoisotopic (exact) mass is 204 g/mol. The van der Waals surface area contributed by atoms with E-state index in [9.17, 15) is 0 Å². The van der Waals surface area contributed by atoms with E-state index >= 15 is 0 Å². The standard InChI is InChI=1S/C13H20N2/c1-4-7-15-13(9-11(2)3)12-6-5-8-14-10-12/h5-6,8-10,13,15H,4,7H2,1-3H3. The van der Waals surface area contributed by atoms with E-state index in [4.69, 9.17) is 0 Å². The number of nitrogens with zero attached hydrogens (tertiary/aromatic N) is 1. The lowest BCUT2D eigenvalue weighted by Crippen LogP contribution is -2.20. The Kier molecular flexibility index (Phi) is 5.05. The lowest BCUT2D eigenvalue weighted by molar-refractivity contribution is 0.608. The van der Waals surface area contributed by atoms with Gasteiger partial charge in [0.05, 0.1) is 6.04 Å². The summed E-state index contributed by atoms with van der Waals surface area (Å²) in [5, 5.41) is 3.50. The van der Waals surface area contributed by atoms with E-state index in [1.165, 1.54) is 11.1 Å². The van der Waals surface area contributed by atoms with Gasteiger partial charge in [0.25, 0.3) is 0 Å². The van der Waals surface area contributed by atoms with Crippen molar-refractivity contribution >= 4 is 0 Å². The van der Waals surface area contributed by atoms with Gasteiger partial charge in [-0.05, 0) is 38.4 Å². The molecule has 1 atom stereocenters. The van der Waals surface area contributed by atoms with Crippen molar-refractivity contribution in [1.29, 1.82) is 0 Å². The fourth-order valence-corrected chi connectivity index (χ4v) is 1.47. The largest absolute Gasteiger partial charge is 0.307 e. The smallest absolute Gasteiger partial charge is 0.0524 e. The maximum absolute atomic E-state index is 4.15. The summed E-state index contributed by atoms with van der Waals surface area (Å²) in [4.78, 5) is 4.15. The van der Waals surface area contributed by atoms with E-state index in [-0.39, 0.29) is 0 Å². The third-order valence-electron chi connectivity index (χ3n) is 2.16. The highest BCUT2D eigenvalue weighted by atomic mass is 14.9. The molecule has 0 saturated carbocycles. The highest BCUT2D eigenvalue weighted by molar-refractivity contribution is 5.20. The van der Waals surface area contributed by atoms with Crippen molar-refractivity contribution in [2.75, 3.05) is 6.54 Å². The van der Waals surface area contributed by atoms with Crippen molar-refractivity contribution in [1.82, 2.24) is 10.3 Å². The summed E-state index contributed by atoms with van der Waals surface area (Å²) in [5.41, 5.74) is 2.56. The molecule has 2 nitrogen and oxygen atoms in total. The zero-order valence-electron chi connectivity index (χ0n) is 9.83. The lowest BCUT2D eigenvalue weighted by Gasteiger charge is -2.15. The minimum absolute atomic E-state index is 0.295. The quantitative estimate of drug-likeness (QED) is 0.745. The van der Waals surface area contributed by atoms with Gasteiger partial charge in [-0.25, -0.2) is 0 Å². The Labute approximate surface area is 92.4 Å². The Bertz CT molecular complexity index is 300. The second-order valence-corrected chi connectivity index (χ2v) is 3.96. The number of hydrogen-bond acceptors (Lipinski definition) is 2. The Morgan fingerprint density at radius 2 is 2.33 bits per heavy atom. The Morgan fingerprint density at radius 3 is 2.87 bits per heavy atom. The minimum atomic E-state index is 0.295. The molecule has 0 aromatic carbocycles. The van der Waals surface area contributed by atoms with E-state index in [0.29, 0.717) is 6.04 Å². The molecule has 0 radical (unpaired) electrons. The number of aromatic nitrogens is 1. The van der Waals surface area contributed by atoms with Gasteiger partial charge in [0.15, 0.2) is 0 Å². The van der Waals surface area contributed by atoms with Crippen LogP contribution >= 0.6 is 0 Å². The molecule has 1 aromatic heterocycles. The summed E-state index contributed by atoms with van der Waals surface area (Å²) in [6.45, 7) is 7.45. The van der Waals surface area contributed by atoms with Gasteiger partial charge in [-0.2, -0.15) is 0 Å². The van der Waals surface area contributed by atoms with Crippen LogP contribution in [0.1, 0.15) is 38.8 Å². The number of rotatable bonds is 5. The van der Waals surface area contributed by atoms with Crippen LogP contribution in [0.2, 0.25) is 0 Å². The molecule has 1 N–H and O–H groups in total. The van der Waals surface area contributed by atoms with E-state index in [1.54, 1.807) is 0 Å². The molecular formula is C13H20N2. The first kappa shape index (κ1) is 11.9. The van der Waals surface area contributed by atoms with Crippen LogP contribution in [-0.4, -0.2) is 11.5 Å². The minimum Gasteiger partial charge on any atom is -0.307 e. The lowest BCUT2D eigenvalue weighted by atomic mass is 10.1. The van der Waals surface area contributed by atoms with E-state index < -0.39 is 0 Å². The molecule has 1 heterocycles. The molecule has 0 fully saturated rings. The third kappa shape index (κ3) is 4.26. The van der Waals surface area contributed by atoms with Crippen molar-refractivity contribution in [3.05, 3.63) is 41.7 Å². The summed E-state index contributed by atoms with van der Waals surface area (Å²) in [6, 6.07) is 4.39. The van der Waals surface area contributed by atoms with Gasteiger partial charge >= 0.3 is 0 Å². The number of allylic oxidation sites excluding steroid dienone is 1. The van der Waals surface area contributed by atoms with Gasteiger partial charge in [-0.15, -0.1) is 0 Å². The number of nitrogens with one attached hydrogen (secondary N) is 1. The molecule has 0 amide bonds. The molecule has 0 saturated heterocycles. The topological polar surface area (TPSA) is 24.9 Å².